The van der Waals surface area contributed by atoms with E-state index < -0.39 is 23.2 Å². The van der Waals surface area contributed by atoms with Crippen LogP contribution in [0.1, 0.15) is 29.8 Å². The van der Waals surface area contributed by atoms with Crippen molar-refractivity contribution >= 4 is 11.8 Å². The Hall–Kier alpha value is -2.05. The number of halogens is 3. The van der Waals surface area contributed by atoms with Crippen molar-refractivity contribution in [3.63, 3.8) is 0 Å². The number of amides is 2. The van der Waals surface area contributed by atoms with Crippen molar-refractivity contribution in [2.24, 2.45) is 0 Å². The Kier molecular flexibility index (Phi) is 3.69. The summed E-state index contributed by atoms with van der Waals surface area (Å²) < 4.78 is 37.5. The molecule has 21 heavy (non-hydrogen) atoms. The number of piperazine rings is 1. The second-order valence-corrected chi connectivity index (χ2v) is 5.35. The normalized spacial score (nSPS) is 18.3. The molecule has 1 fully saturated rings. The summed E-state index contributed by atoms with van der Waals surface area (Å²) in [6, 6.07) is 4.00. The van der Waals surface area contributed by atoms with Gasteiger partial charge in [0.15, 0.2) is 0 Å². The van der Waals surface area contributed by atoms with Crippen molar-refractivity contribution in [2.45, 2.75) is 25.6 Å². The number of carbonyl (C=O) groups excluding carboxylic acids is 2. The van der Waals surface area contributed by atoms with Crippen molar-refractivity contribution < 1.29 is 22.8 Å². The predicted molar refractivity (Wildman–Crippen MR) is 69.6 cm³/mol. The van der Waals surface area contributed by atoms with Gasteiger partial charge in [0.1, 0.15) is 5.54 Å². The summed E-state index contributed by atoms with van der Waals surface area (Å²) in [5.74, 6) is -0.738. The topological polar surface area (TPSA) is 49.4 Å². The van der Waals surface area contributed by atoms with E-state index in [2.05, 4.69) is 5.32 Å². The molecule has 0 saturated carbocycles. The van der Waals surface area contributed by atoms with E-state index in [4.69, 9.17) is 0 Å². The molecule has 2 rings (SSSR count). The molecular weight excluding hydrogens is 285 g/mol. The van der Waals surface area contributed by atoms with Gasteiger partial charge in [-0.1, -0.05) is 0 Å². The molecule has 0 bridgehead atoms. The third kappa shape index (κ3) is 2.86. The summed E-state index contributed by atoms with van der Waals surface area (Å²) in [6.45, 7) is 3.85. The van der Waals surface area contributed by atoms with Gasteiger partial charge >= 0.3 is 6.18 Å². The summed E-state index contributed by atoms with van der Waals surface area (Å²) in [5.41, 5.74) is -1.71. The largest absolute Gasteiger partial charge is 0.416 e. The maximum absolute atomic E-state index is 12.5. The van der Waals surface area contributed by atoms with Crippen LogP contribution in [0.2, 0.25) is 0 Å². The average Bonchev–Trinajstić information content (AvgIpc) is 2.40. The molecule has 1 aliphatic rings. The monoisotopic (exact) mass is 300 g/mol. The zero-order chi connectivity index (χ0) is 15.8. The first-order valence-corrected chi connectivity index (χ1v) is 6.41. The lowest BCUT2D eigenvalue weighted by Gasteiger charge is -2.41. The van der Waals surface area contributed by atoms with E-state index in [1.165, 1.54) is 4.90 Å². The molecule has 0 aliphatic carbocycles. The fraction of sp³-hybridized carbons (Fsp3) is 0.429. The first kappa shape index (κ1) is 15.3. The minimum absolute atomic E-state index is 0.130. The number of hydrogen-bond donors (Lipinski definition) is 1. The molecule has 7 heteroatoms. The number of benzene rings is 1. The summed E-state index contributed by atoms with van der Waals surface area (Å²) in [4.78, 5) is 25.5. The van der Waals surface area contributed by atoms with Crippen molar-refractivity contribution in [3.05, 3.63) is 35.4 Å². The maximum atomic E-state index is 12.5. The SMILES string of the molecule is CC1(C)C(=O)NCCN1C(=O)c1ccc(C(F)(F)F)cc1. The van der Waals surface area contributed by atoms with Crippen molar-refractivity contribution in [1.82, 2.24) is 10.2 Å². The molecule has 1 aromatic carbocycles. The van der Waals surface area contributed by atoms with Crippen molar-refractivity contribution in [2.75, 3.05) is 13.1 Å². The van der Waals surface area contributed by atoms with Crippen molar-refractivity contribution in [1.29, 1.82) is 0 Å². The third-order valence-electron chi connectivity index (χ3n) is 3.56. The van der Waals surface area contributed by atoms with Crippen molar-refractivity contribution in [3.8, 4) is 0 Å². The van der Waals surface area contributed by atoms with E-state index in [1.54, 1.807) is 13.8 Å². The van der Waals surface area contributed by atoms with Crippen LogP contribution in [0.25, 0.3) is 0 Å². The van der Waals surface area contributed by atoms with Gasteiger partial charge in [-0.05, 0) is 38.1 Å². The molecule has 1 N–H and O–H groups in total. The highest BCUT2D eigenvalue weighted by atomic mass is 19.4. The lowest BCUT2D eigenvalue weighted by molar-refractivity contribution is -0.137. The molecule has 1 heterocycles. The Bertz CT molecular complexity index is 565. The quantitative estimate of drug-likeness (QED) is 0.863. The van der Waals surface area contributed by atoms with Gasteiger partial charge in [0.25, 0.3) is 5.91 Å². The molecule has 4 nitrogen and oxygen atoms in total. The fourth-order valence-electron chi connectivity index (χ4n) is 2.21. The Labute approximate surface area is 119 Å². The Morgan fingerprint density at radius 3 is 2.33 bits per heavy atom. The van der Waals surface area contributed by atoms with Gasteiger partial charge in [-0.2, -0.15) is 13.2 Å². The van der Waals surface area contributed by atoms with Crippen LogP contribution in [0, 0.1) is 0 Å². The highest BCUT2D eigenvalue weighted by molar-refractivity contribution is 5.99. The van der Waals surface area contributed by atoms with Crippen LogP contribution in [-0.4, -0.2) is 35.3 Å². The molecule has 0 atom stereocenters. The predicted octanol–water partition coefficient (Wildman–Crippen LogP) is 2.06. The number of nitrogens with one attached hydrogen (secondary N) is 1. The average molecular weight is 300 g/mol. The lowest BCUT2D eigenvalue weighted by atomic mass is 9.97. The van der Waals surface area contributed by atoms with Crippen LogP contribution >= 0.6 is 0 Å². The molecule has 1 saturated heterocycles. The number of rotatable bonds is 1. The molecule has 0 aromatic heterocycles. The van der Waals surface area contributed by atoms with E-state index in [9.17, 15) is 22.8 Å². The molecule has 0 unspecified atom stereocenters. The Morgan fingerprint density at radius 1 is 1.24 bits per heavy atom. The summed E-state index contributed by atoms with van der Waals surface area (Å²) in [6.07, 6.45) is -4.44. The third-order valence-corrected chi connectivity index (χ3v) is 3.56. The van der Waals surface area contributed by atoms with Gasteiger partial charge in [-0.15, -0.1) is 0 Å². The Balaban J connectivity index is 2.26. The van der Waals surface area contributed by atoms with Crippen LogP contribution in [0.3, 0.4) is 0 Å². The fourth-order valence-corrected chi connectivity index (χ4v) is 2.21. The smallest absolute Gasteiger partial charge is 0.352 e. The van der Waals surface area contributed by atoms with Crippen LogP contribution in [0.5, 0.6) is 0 Å². The Morgan fingerprint density at radius 2 is 1.81 bits per heavy atom. The zero-order valence-corrected chi connectivity index (χ0v) is 11.6. The molecule has 0 spiro atoms. The summed E-state index contributed by atoms with van der Waals surface area (Å²) >= 11 is 0. The zero-order valence-electron chi connectivity index (χ0n) is 11.6. The van der Waals surface area contributed by atoms with Gasteiger partial charge in [0.05, 0.1) is 5.56 Å². The first-order valence-electron chi connectivity index (χ1n) is 6.41. The number of nitrogens with zero attached hydrogens (tertiary/aromatic N) is 1. The van der Waals surface area contributed by atoms with E-state index in [1.807, 2.05) is 0 Å². The highest BCUT2D eigenvalue weighted by Crippen LogP contribution is 2.29. The van der Waals surface area contributed by atoms with Gasteiger partial charge in [-0.25, -0.2) is 0 Å². The van der Waals surface area contributed by atoms with Crippen LogP contribution in [-0.2, 0) is 11.0 Å². The molecule has 0 radical (unpaired) electrons. The summed E-state index contributed by atoms with van der Waals surface area (Å²) in [5, 5.41) is 2.66. The first-order chi connectivity index (χ1) is 9.64. The van der Waals surface area contributed by atoms with E-state index in [-0.39, 0.29) is 11.5 Å². The minimum Gasteiger partial charge on any atom is -0.352 e. The second-order valence-electron chi connectivity index (χ2n) is 5.35. The van der Waals surface area contributed by atoms with E-state index >= 15 is 0 Å². The van der Waals surface area contributed by atoms with E-state index in [0.717, 1.165) is 24.3 Å². The van der Waals surface area contributed by atoms with Crippen LogP contribution in [0.4, 0.5) is 13.2 Å². The second kappa shape index (κ2) is 5.05. The van der Waals surface area contributed by atoms with Crippen LogP contribution in [0.15, 0.2) is 24.3 Å². The van der Waals surface area contributed by atoms with Gasteiger partial charge in [-0.3, -0.25) is 9.59 Å². The molecule has 1 aliphatic heterocycles. The van der Waals surface area contributed by atoms with Gasteiger partial charge in [0, 0.05) is 18.7 Å². The molecule has 114 valence electrons. The summed E-state index contributed by atoms with van der Waals surface area (Å²) in [7, 11) is 0. The molecule has 2 amide bonds. The lowest BCUT2D eigenvalue weighted by Crippen LogP contribution is -2.63. The maximum Gasteiger partial charge on any atom is 0.416 e. The number of hydrogen-bond acceptors (Lipinski definition) is 2. The standard InChI is InChI=1S/C14H15F3N2O2/c1-13(2)12(21)18-7-8-19(13)11(20)9-3-5-10(6-4-9)14(15,16)17/h3-6H,7-8H2,1-2H3,(H,18,21). The van der Waals surface area contributed by atoms with Gasteiger partial charge in [0.2, 0.25) is 5.91 Å². The van der Waals surface area contributed by atoms with E-state index in [0.29, 0.717) is 13.1 Å². The molecule has 1 aromatic rings. The minimum atomic E-state index is -4.44. The number of alkyl halides is 3. The van der Waals surface area contributed by atoms with Gasteiger partial charge < -0.3 is 10.2 Å². The number of carbonyl (C=O) groups is 2. The highest BCUT2D eigenvalue weighted by Gasteiger charge is 2.40. The van der Waals surface area contributed by atoms with Crippen LogP contribution < -0.4 is 5.32 Å². The molecular formula is C14H15F3N2O2.